The largest absolute Gasteiger partial charge is 0.0917 e. The number of hydrogen-bond acceptors (Lipinski definition) is 0. The van der Waals surface area contributed by atoms with Gasteiger partial charge in [-0.2, -0.15) is 0 Å². The number of halogens is 2. The normalized spacial score (nSPS) is 53.1. The van der Waals surface area contributed by atoms with Gasteiger partial charge in [0.2, 0.25) is 0 Å². The minimum atomic E-state index is 0.384. The van der Waals surface area contributed by atoms with Crippen LogP contribution in [0.1, 0.15) is 85.0 Å². The van der Waals surface area contributed by atoms with Crippen LogP contribution in [0.5, 0.6) is 0 Å². The quantitative estimate of drug-likeness (QED) is 0.453. The first-order valence-corrected chi connectivity index (χ1v) is 11.7. The first-order valence-electron chi connectivity index (χ1n) is 10.9. The van der Waals surface area contributed by atoms with Gasteiger partial charge in [0, 0.05) is 16.5 Å². The molecule has 0 bridgehead atoms. The van der Waals surface area contributed by atoms with E-state index >= 15 is 0 Å². The molecule has 0 aromatic heterocycles. The van der Waals surface area contributed by atoms with E-state index in [1.807, 2.05) is 0 Å². The van der Waals surface area contributed by atoms with Gasteiger partial charge in [0.15, 0.2) is 0 Å². The molecule has 0 spiro atoms. The fourth-order valence-electron chi connectivity index (χ4n) is 8.64. The molecule has 0 saturated heterocycles. The lowest BCUT2D eigenvalue weighted by atomic mass is 9.42. The molecule has 25 heavy (non-hydrogen) atoms. The number of hydrogen-bond donors (Lipinski definition) is 0. The molecule has 4 rings (SSSR count). The van der Waals surface area contributed by atoms with Crippen molar-refractivity contribution in [2.24, 2.45) is 46.3 Å². The molecule has 4 fully saturated rings. The van der Waals surface area contributed by atoms with E-state index in [0.717, 1.165) is 34.6 Å². The fraction of sp³-hybridized carbons (Fsp3) is 0.913. The maximum absolute atomic E-state index is 6.70. The molecule has 142 valence electrons. The summed E-state index contributed by atoms with van der Waals surface area (Å²) in [5.74, 6) is 5.12. The third-order valence-electron chi connectivity index (χ3n) is 9.89. The summed E-state index contributed by atoms with van der Waals surface area (Å²) in [6.07, 6.45) is 14.2. The molecule has 4 aliphatic carbocycles. The van der Waals surface area contributed by atoms with Crippen molar-refractivity contribution in [3.63, 3.8) is 0 Å². The van der Waals surface area contributed by atoms with Crippen LogP contribution in [-0.2, 0) is 0 Å². The molecule has 0 nitrogen and oxygen atoms in total. The smallest absolute Gasteiger partial charge is 0.0330 e. The summed E-state index contributed by atoms with van der Waals surface area (Å²) in [6, 6.07) is 0. The standard InChI is InChI=1S/C23H36Cl2/c1-4-15-9-11-18-17-10-8-16-6-5-7-20(21(25)14-24)23(16,3)19(17)12-13-22(15,18)2/h14-20H,4-13H2,1-3H3/b21-14-/t15-,16?,17-,18-,19-,20?,22+,23-/m0/s1. The Bertz CT molecular complexity index is 540. The van der Waals surface area contributed by atoms with Gasteiger partial charge in [0.1, 0.15) is 0 Å². The van der Waals surface area contributed by atoms with E-state index in [1.165, 1.54) is 64.2 Å². The third kappa shape index (κ3) is 2.60. The molecule has 0 aromatic rings. The SMILES string of the molecule is CC[C@H]1CC[C@H]2[C@@H]3CCC4CCCC(/C(Cl)=C/Cl)[C@]4(C)[C@H]3CC[C@]12C. The summed E-state index contributed by atoms with van der Waals surface area (Å²) in [5, 5.41) is 0.945. The van der Waals surface area contributed by atoms with Gasteiger partial charge in [-0.15, -0.1) is 0 Å². The first kappa shape index (κ1) is 18.7. The summed E-state index contributed by atoms with van der Waals surface area (Å²) < 4.78 is 0. The molecular formula is C23H36Cl2. The predicted octanol–water partition coefficient (Wildman–Crippen LogP) is 7.99. The highest BCUT2D eigenvalue weighted by Crippen LogP contribution is 2.69. The highest BCUT2D eigenvalue weighted by molar-refractivity contribution is 6.36. The zero-order chi connectivity index (χ0) is 17.8. The Morgan fingerprint density at radius 2 is 1.80 bits per heavy atom. The Morgan fingerprint density at radius 3 is 2.52 bits per heavy atom. The van der Waals surface area contributed by atoms with Crippen LogP contribution >= 0.6 is 23.2 Å². The van der Waals surface area contributed by atoms with E-state index in [1.54, 1.807) is 5.54 Å². The second-order valence-electron chi connectivity index (χ2n) is 10.2. The maximum Gasteiger partial charge on any atom is 0.0330 e. The molecular weight excluding hydrogens is 347 g/mol. The van der Waals surface area contributed by atoms with Crippen molar-refractivity contribution in [3.8, 4) is 0 Å². The minimum absolute atomic E-state index is 0.384. The van der Waals surface area contributed by atoms with Crippen molar-refractivity contribution >= 4 is 23.2 Å². The lowest BCUT2D eigenvalue weighted by molar-refractivity contribution is -0.128. The van der Waals surface area contributed by atoms with Crippen LogP contribution in [0.3, 0.4) is 0 Å². The van der Waals surface area contributed by atoms with Crippen molar-refractivity contribution in [1.82, 2.24) is 0 Å². The molecule has 4 saturated carbocycles. The summed E-state index contributed by atoms with van der Waals surface area (Å²) in [4.78, 5) is 0. The predicted molar refractivity (Wildman–Crippen MR) is 109 cm³/mol. The van der Waals surface area contributed by atoms with Crippen molar-refractivity contribution < 1.29 is 0 Å². The maximum atomic E-state index is 6.70. The monoisotopic (exact) mass is 382 g/mol. The molecule has 4 aliphatic rings. The van der Waals surface area contributed by atoms with E-state index in [2.05, 4.69) is 20.8 Å². The summed E-state index contributed by atoms with van der Waals surface area (Å²) in [7, 11) is 0. The lowest BCUT2D eigenvalue weighted by Gasteiger charge is -2.63. The topological polar surface area (TPSA) is 0 Å². The molecule has 0 N–H and O–H groups in total. The van der Waals surface area contributed by atoms with Crippen molar-refractivity contribution in [2.75, 3.05) is 0 Å². The first-order chi connectivity index (χ1) is 12.0. The summed E-state index contributed by atoms with van der Waals surface area (Å²) >= 11 is 12.8. The van der Waals surface area contributed by atoms with E-state index in [-0.39, 0.29) is 0 Å². The molecule has 0 heterocycles. The molecule has 0 radical (unpaired) electrons. The van der Waals surface area contributed by atoms with Crippen LogP contribution in [0.4, 0.5) is 0 Å². The number of fused-ring (bicyclic) bond motifs is 5. The van der Waals surface area contributed by atoms with Gasteiger partial charge >= 0.3 is 0 Å². The molecule has 2 unspecified atom stereocenters. The van der Waals surface area contributed by atoms with Crippen molar-refractivity contribution in [1.29, 1.82) is 0 Å². The summed E-state index contributed by atoms with van der Waals surface area (Å²) in [5.41, 5.74) is 2.68. The Morgan fingerprint density at radius 1 is 1.00 bits per heavy atom. The van der Waals surface area contributed by atoms with Gasteiger partial charge in [-0.1, -0.05) is 56.8 Å². The van der Waals surface area contributed by atoms with Gasteiger partial charge in [0.05, 0.1) is 0 Å². The lowest BCUT2D eigenvalue weighted by Crippen LogP contribution is -2.55. The van der Waals surface area contributed by atoms with Crippen LogP contribution in [0.25, 0.3) is 0 Å². The zero-order valence-electron chi connectivity index (χ0n) is 16.4. The van der Waals surface area contributed by atoms with Gasteiger partial charge in [0.25, 0.3) is 0 Å². The molecule has 2 heteroatoms. The molecule has 0 aliphatic heterocycles. The number of allylic oxidation sites excluding steroid dienone is 1. The Balaban J connectivity index is 1.68. The van der Waals surface area contributed by atoms with Crippen LogP contribution in [0.15, 0.2) is 10.6 Å². The molecule has 0 aromatic carbocycles. The zero-order valence-corrected chi connectivity index (χ0v) is 17.9. The highest BCUT2D eigenvalue weighted by Gasteiger charge is 2.61. The fourth-order valence-corrected chi connectivity index (χ4v) is 9.13. The third-order valence-corrected chi connectivity index (χ3v) is 10.6. The van der Waals surface area contributed by atoms with E-state index in [0.29, 0.717) is 16.7 Å². The minimum Gasteiger partial charge on any atom is -0.0917 e. The Hall–Kier alpha value is 0.320. The second-order valence-corrected chi connectivity index (χ2v) is 10.9. The van der Waals surface area contributed by atoms with Crippen LogP contribution in [-0.4, -0.2) is 0 Å². The Labute approximate surface area is 165 Å². The van der Waals surface area contributed by atoms with Gasteiger partial charge in [-0.05, 0) is 91.8 Å². The molecule has 8 atom stereocenters. The highest BCUT2D eigenvalue weighted by atomic mass is 35.5. The van der Waals surface area contributed by atoms with Crippen molar-refractivity contribution in [2.45, 2.75) is 85.0 Å². The average molecular weight is 383 g/mol. The summed E-state index contributed by atoms with van der Waals surface area (Å²) in [6.45, 7) is 7.67. The molecule has 0 amide bonds. The van der Waals surface area contributed by atoms with Crippen LogP contribution in [0.2, 0.25) is 0 Å². The van der Waals surface area contributed by atoms with Gasteiger partial charge in [-0.25, -0.2) is 0 Å². The van der Waals surface area contributed by atoms with Crippen molar-refractivity contribution in [3.05, 3.63) is 10.6 Å². The van der Waals surface area contributed by atoms with Gasteiger partial charge in [-0.3, -0.25) is 0 Å². The average Bonchev–Trinajstić information content (AvgIpc) is 2.96. The van der Waals surface area contributed by atoms with E-state index in [9.17, 15) is 0 Å². The van der Waals surface area contributed by atoms with E-state index in [4.69, 9.17) is 23.2 Å². The second kappa shape index (κ2) is 6.73. The van der Waals surface area contributed by atoms with Crippen LogP contribution < -0.4 is 0 Å². The van der Waals surface area contributed by atoms with E-state index < -0.39 is 0 Å². The number of rotatable bonds is 2. The van der Waals surface area contributed by atoms with Gasteiger partial charge < -0.3 is 0 Å². The Kier molecular flexibility index (Phi) is 5.03. The van der Waals surface area contributed by atoms with Crippen LogP contribution in [0, 0.1) is 46.3 Å².